The molecule has 0 radical (unpaired) electrons. The van der Waals surface area contributed by atoms with Crippen LogP contribution in [0.4, 0.5) is 11.4 Å². The minimum atomic E-state index is -0.582. The van der Waals surface area contributed by atoms with Gasteiger partial charge in [-0.05, 0) is 47.3 Å². The van der Waals surface area contributed by atoms with Crippen LogP contribution in [-0.2, 0) is 4.79 Å². The Balaban J connectivity index is 1.99. The predicted octanol–water partition coefficient (Wildman–Crippen LogP) is 1.94. The molecular formula is C14H15BrN2O3. The van der Waals surface area contributed by atoms with Crippen LogP contribution in [0.15, 0.2) is 16.6 Å². The zero-order chi connectivity index (χ0) is 14.3. The van der Waals surface area contributed by atoms with Crippen LogP contribution in [-0.4, -0.2) is 36.0 Å². The van der Waals surface area contributed by atoms with Gasteiger partial charge >= 0.3 is 0 Å². The van der Waals surface area contributed by atoms with Gasteiger partial charge in [0, 0.05) is 17.1 Å². The summed E-state index contributed by atoms with van der Waals surface area (Å²) in [6.07, 6.45) is 3.41. The molecule has 0 atom stereocenters. The highest BCUT2D eigenvalue weighted by molar-refractivity contribution is 9.10. The van der Waals surface area contributed by atoms with E-state index in [9.17, 15) is 14.7 Å². The molecule has 0 saturated heterocycles. The fourth-order valence-electron chi connectivity index (χ4n) is 2.68. The number of hydrogen-bond donors (Lipinski definition) is 2. The Hall–Kier alpha value is -1.40. The smallest absolute Gasteiger partial charge is 0.296 e. The predicted molar refractivity (Wildman–Crippen MR) is 79.2 cm³/mol. The number of nitrogens with one attached hydrogen (secondary N) is 1. The molecule has 2 aliphatic rings. The molecule has 106 valence electrons. The molecule has 1 aromatic rings. The van der Waals surface area contributed by atoms with Crippen LogP contribution < -0.4 is 10.2 Å². The van der Waals surface area contributed by atoms with Crippen molar-refractivity contribution in [3.05, 3.63) is 22.2 Å². The number of carbonyl (C=O) groups is 2. The second-order valence-electron chi connectivity index (χ2n) is 5.13. The van der Waals surface area contributed by atoms with Crippen LogP contribution in [0.25, 0.3) is 0 Å². The van der Waals surface area contributed by atoms with Crippen molar-refractivity contribution in [3.8, 4) is 0 Å². The van der Waals surface area contributed by atoms with Crippen molar-refractivity contribution in [2.75, 3.05) is 23.4 Å². The van der Waals surface area contributed by atoms with Crippen molar-refractivity contribution in [1.82, 2.24) is 0 Å². The molecule has 5 nitrogen and oxygen atoms in total. The van der Waals surface area contributed by atoms with Crippen molar-refractivity contribution in [2.45, 2.75) is 25.3 Å². The zero-order valence-corrected chi connectivity index (χ0v) is 12.4. The summed E-state index contributed by atoms with van der Waals surface area (Å²) in [6.45, 7) is 0.620. The first-order chi connectivity index (χ1) is 9.61. The van der Waals surface area contributed by atoms with Gasteiger partial charge in [0.05, 0.1) is 23.5 Å². The minimum Gasteiger partial charge on any atom is -0.395 e. The molecular weight excluding hydrogens is 324 g/mol. The first-order valence-electron chi connectivity index (χ1n) is 6.68. The number of nitrogens with zero attached hydrogens (tertiary/aromatic N) is 1. The number of benzene rings is 1. The van der Waals surface area contributed by atoms with Crippen LogP contribution in [0.2, 0.25) is 0 Å². The molecule has 3 rings (SSSR count). The van der Waals surface area contributed by atoms with E-state index in [1.165, 1.54) is 6.42 Å². The van der Waals surface area contributed by atoms with Gasteiger partial charge in [-0.3, -0.25) is 9.59 Å². The molecule has 1 fully saturated rings. The van der Waals surface area contributed by atoms with Gasteiger partial charge in [-0.1, -0.05) is 0 Å². The Kier molecular flexibility index (Phi) is 3.52. The highest BCUT2D eigenvalue weighted by Crippen LogP contribution is 2.38. The number of fused-ring (bicyclic) bond motifs is 1. The second kappa shape index (κ2) is 5.18. The average Bonchev–Trinajstić information content (AvgIpc) is 2.62. The van der Waals surface area contributed by atoms with Gasteiger partial charge in [0.15, 0.2) is 0 Å². The lowest BCUT2D eigenvalue weighted by atomic mass is 9.91. The maximum Gasteiger partial charge on any atom is 0.296 e. The fraction of sp³-hybridized carbons (Fsp3) is 0.429. The summed E-state index contributed by atoms with van der Waals surface area (Å²) in [4.78, 5) is 25.2. The SMILES string of the molecule is O=C1Nc2cc(N(CCO)C3CCC3)c(Br)cc2C1=O. The standard InChI is InChI=1S/C14H15BrN2O3/c15-10-6-9-11(16-14(20)13(9)19)7-12(10)17(4-5-18)8-2-1-3-8/h6-8,18H,1-5H2,(H,16,19,20). The molecule has 0 spiro atoms. The van der Waals surface area contributed by atoms with E-state index < -0.39 is 11.7 Å². The number of rotatable bonds is 4. The Bertz CT molecular complexity index is 584. The molecule has 0 bridgehead atoms. The van der Waals surface area contributed by atoms with E-state index >= 15 is 0 Å². The summed E-state index contributed by atoms with van der Waals surface area (Å²) < 4.78 is 0.779. The number of halogens is 1. The number of Topliss-reactive ketones (excluding diaryl/α,β-unsaturated/α-hetero) is 1. The Morgan fingerprint density at radius 3 is 2.70 bits per heavy atom. The van der Waals surface area contributed by atoms with Gasteiger partial charge in [0.2, 0.25) is 0 Å². The van der Waals surface area contributed by atoms with Crippen LogP contribution in [0.1, 0.15) is 29.6 Å². The molecule has 20 heavy (non-hydrogen) atoms. The molecule has 1 amide bonds. The van der Waals surface area contributed by atoms with Crippen LogP contribution in [0, 0.1) is 0 Å². The molecule has 6 heteroatoms. The molecule has 2 N–H and O–H groups in total. The lowest BCUT2D eigenvalue weighted by Gasteiger charge is -2.39. The van der Waals surface area contributed by atoms with Crippen molar-refractivity contribution >= 4 is 39.0 Å². The van der Waals surface area contributed by atoms with Crippen molar-refractivity contribution in [1.29, 1.82) is 0 Å². The van der Waals surface area contributed by atoms with E-state index in [0.29, 0.717) is 23.8 Å². The largest absolute Gasteiger partial charge is 0.395 e. The second-order valence-corrected chi connectivity index (χ2v) is 5.99. The van der Waals surface area contributed by atoms with E-state index in [1.807, 2.05) is 6.07 Å². The monoisotopic (exact) mass is 338 g/mol. The third-order valence-corrected chi connectivity index (χ3v) is 4.59. The highest BCUT2D eigenvalue weighted by Gasteiger charge is 2.32. The van der Waals surface area contributed by atoms with Crippen LogP contribution in [0.3, 0.4) is 0 Å². The molecule has 1 aliphatic heterocycles. The van der Waals surface area contributed by atoms with E-state index in [0.717, 1.165) is 23.0 Å². The first kappa shape index (κ1) is 13.6. The number of carbonyl (C=O) groups excluding carboxylic acids is 2. The minimum absolute atomic E-state index is 0.0747. The van der Waals surface area contributed by atoms with Gasteiger partial charge < -0.3 is 15.3 Å². The zero-order valence-electron chi connectivity index (χ0n) is 10.9. The maximum atomic E-state index is 11.7. The summed E-state index contributed by atoms with van der Waals surface area (Å²) in [7, 11) is 0. The summed E-state index contributed by atoms with van der Waals surface area (Å²) in [5.41, 5.74) is 1.88. The molecule has 0 aromatic heterocycles. The summed E-state index contributed by atoms with van der Waals surface area (Å²) >= 11 is 3.47. The Morgan fingerprint density at radius 2 is 2.10 bits per heavy atom. The highest BCUT2D eigenvalue weighted by atomic mass is 79.9. The van der Waals surface area contributed by atoms with Gasteiger partial charge in [-0.15, -0.1) is 0 Å². The van der Waals surface area contributed by atoms with Crippen LogP contribution in [0.5, 0.6) is 0 Å². The lowest BCUT2D eigenvalue weighted by Crippen LogP contribution is -2.42. The van der Waals surface area contributed by atoms with Crippen molar-refractivity contribution in [3.63, 3.8) is 0 Å². The Labute approximate surface area is 125 Å². The number of anilines is 2. The summed E-state index contributed by atoms with van der Waals surface area (Å²) in [6, 6.07) is 3.92. The van der Waals surface area contributed by atoms with Crippen molar-refractivity contribution < 1.29 is 14.7 Å². The molecule has 1 saturated carbocycles. The van der Waals surface area contributed by atoms with Gasteiger partial charge in [0.1, 0.15) is 0 Å². The number of hydrogen-bond acceptors (Lipinski definition) is 4. The maximum absolute atomic E-state index is 11.7. The fourth-order valence-corrected chi connectivity index (χ4v) is 3.25. The number of amides is 1. The van der Waals surface area contributed by atoms with Gasteiger partial charge in [0.25, 0.3) is 11.7 Å². The van der Waals surface area contributed by atoms with E-state index in [-0.39, 0.29) is 6.61 Å². The lowest BCUT2D eigenvalue weighted by molar-refractivity contribution is -0.112. The topological polar surface area (TPSA) is 69.6 Å². The first-order valence-corrected chi connectivity index (χ1v) is 7.48. The van der Waals surface area contributed by atoms with Gasteiger partial charge in [-0.25, -0.2) is 0 Å². The van der Waals surface area contributed by atoms with Crippen molar-refractivity contribution in [2.24, 2.45) is 0 Å². The Morgan fingerprint density at radius 1 is 1.35 bits per heavy atom. The third-order valence-electron chi connectivity index (χ3n) is 3.95. The van der Waals surface area contributed by atoms with E-state index in [4.69, 9.17) is 0 Å². The average molecular weight is 339 g/mol. The normalized spacial score (nSPS) is 17.7. The van der Waals surface area contributed by atoms with Crippen LogP contribution >= 0.6 is 15.9 Å². The molecule has 1 aliphatic carbocycles. The third kappa shape index (κ3) is 2.13. The molecule has 1 aromatic carbocycles. The quantitative estimate of drug-likeness (QED) is 0.823. The molecule has 1 heterocycles. The number of aliphatic hydroxyl groups is 1. The molecule has 0 unspecified atom stereocenters. The number of ketones is 1. The van der Waals surface area contributed by atoms with E-state index in [2.05, 4.69) is 26.1 Å². The summed E-state index contributed by atoms with van der Waals surface area (Å²) in [5.74, 6) is -1.08. The van der Waals surface area contributed by atoms with Gasteiger partial charge in [-0.2, -0.15) is 0 Å². The van der Waals surface area contributed by atoms with E-state index in [1.54, 1.807) is 6.07 Å². The summed E-state index contributed by atoms with van der Waals surface area (Å²) in [5, 5.41) is 11.8. The number of aliphatic hydroxyl groups excluding tert-OH is 1.